The largest absolute Gasteiger partial charge is 0.468 e. The fourth-order valence-electron chi connectivity index (χ4n) is 2.02. The number of nitrogen functional groups attached to an aromatic ring is 1. The van der Waals surface area contributed by atoms with Gasteiger partial charge in [0.25, 0.3) is 11.6 Å². The SMILES string of the molecule is COc1nc(NC2OC(CO)C(O)C(O)C2O)c(N)c(=O)[nH]1. The van der Waals surface area contributed by atoms with Gasteiger partial charge in [-0.25, -0.2) is 0 Å². The number of hydrogen-bond acceptors (Lipinski definition) is 10. The van der Waals surface area contributed by atoms with Crippen molar-refractivity contribution in [1.29, 1.82) is 0 Å². The summed E-state index contributed by atoms with van der Waals surface area (Å²) in [5.74, 6) is -0.134. The number of nitrogens with two attached hydrogens (primary N) is 1. The Bertz CT molecular complexity index is 578. The Balaban J connectivity index is 2.26. The molecule has 11 nitrogen and oxygen atoms in total. The first-order valence-electron chi connectivity index (χ1n) is 6.39. The minimum atomic E-state index is -1.56. The van der Waals surface area contributed by atoms with Crippen molar-refractivity contribution in [1.82, 2.24) is 9.97 Å². The second-order valence-electron chi connectivity index (χ2n) is 4.73. The summed E-state index contributed by atoms with van der Waals surface area (Å²) in [5.41, 5.74) is 4.63. The number of aliphatic hydroxyl groups is 4. The first-order chi connectivity index (χ1) is 10.4. The van der Waals surface area contributed by atoms with E-state index in [1.807, 2.05) is 0 Å². The molecule has 5 unspecified atom stereocenters. The van der Waals surface area contributed by atoms with Crippen LogP contribution in [-0.2, 0) is 4.74 Å². The number of aromatic nitrogens is 2. The third-order valence-corrected chi connectivity index (χ3v) is 3.30. The number of rotatable bonds is 4. The highest BCUT2D eigenvalue weighted by molar-refractivity contribution is 5.60. The summed E-state index contributed by atoms with van der Waals surface area (Å²) in [5, 5.41) is 40.9. The molecule has 0 spiro atoms. The van der Waals surface area contributed by atoms with E-state index in [9.17, 15) is 20.1 Å². The van der Waals surface area contributed by atoms with E-state index in [2.05, 4.69) is 15.3 Å². The van der Waals surface area contributed by atoms with Gasteiger partial charge in [0.15, 0.2) is 12.0 Å². The number of H-pyrrole nitrogens is 1. The third kappa shape index (κ3) is 2.98. The number of nitrogens with zero attached hydrogens (tertiary/aromatic N) is 1. The molecule has 1 aliphatic heterocycles. The van der Waals surface area contributed by atoms with Gasteiger partial charge in [-0.1, -0.05) is 0 Å². The zero-order valence-electron chi connectivity index (χ0n) is 11.6. The molecular formula is C11H18N4O7. The molecule has 124 valence electrons. The number of aromatic amines is 1. The second-order valence-corrected chi connectivity index (χ2v) is 4.73. The Labute approximate surface area is 124 Å². The van der Waals surface area contributed by atoms with Crippen LogP contribution < -0.4 is 21.3 Å². The summed E-state index contributed by atoms with van der Waals surface area (Å²) in [6.45, 7) is -0.579. The van der Waals surface area contributed by atoms with Crippen LogP contribution >= 0.6 is 0 Å². The van der Waals surface area contributed by atoms with E-state index in [0.29, 0.717) is 0 Å². The summed E-state index contributed by atoms with van der Waals surface area (Å²) in [6.07, 6.45) is -6.94. The number of ether oxygens (including phenoxy) is 2. The van der Waals surface area contributed by atoms with Crippen molar-refractivity contribution in [2.45, 2.75) is 30.6 Å². The molecule has 2 heterocycles. The molecule has 0 aromatic carbocycles. The van der Waals surface area contributed by atoms with Crippen molar-refractivity contribution in [2.75, 3.05) is 24.8 Å². The van der Waals surface area contributed by atoms with Crippen molar-refractivity contribution < 1.29 is 29.9 Å². The van der Waals surface area contributed by atoms with Gasteiger partial charge in [-0.2, -0.15) is 4.98 Å². The molecule has 1 saturated heterocycles. The Kier molecular flexibility index (Phi) is 4.83. The number of nitrogens with one attached hydrogen (secondary N) is 2. The highest BCUT2D eigenvalue weighted by Gasteiger charge is 2.43. The van der Waals surface area contributed by atoms with Crippen molar-refractivity contribution in [2.24, 2.45) is 0 Å². The van der Waals surface area contributed by atoms with Gasteiger partial charge in [-0.05, 0) is 0 Å². The van der Waals surface area contributed by atoms with Crippen LogP contribution in [-0.4, -0.2) is 74.8 Å². The number of aliphatic hydroxyl groups excluding tert-OH is 4. The first kappa shape index (κ1) is 16.5. The van der Waals surface area contributed by atoms with E-state index in [0.717, 1.165) is 0 Å². The maximum Gasteiger partial charge on any atom is 0.298 e. The average Bonchev–Trinajstić information content (AvgIpc) is 2.51. The van der Waals surface area contributed by atoms with Gasteiger partial charge in [0.2, 0.25) is 0 Å². The zero-order chi connectivity index (χ0) is 16.4. The summed E-state index contributed by atoms with van der Waals surface area (Å²) < 4.78 is 10.0. The molecule has 0 bridgehead atoms. The molecule has 11 heteroatoms. The maximum atomic E-state index is 11.6. The first-order valence-corrected chi connectivity index (χ1v) is 6.39. The average molecular weight is 318 g/mol. The van der Waals surface area contributed by atoms with Crippen LogP contribution in [0.2, 0.25) is 0 Å². The lowest BCUT2D eigenvalue weighted by Gasteiger charge is -2.40. The Hall–Kier alpha value is -1.92. The summed E-state index contributed by atoms with van der Waals surface area (Å²) >= 11 is 0. The van der Waals surface area contributed by atoms with E-state index in [1.54, 1.807) is 0 Å². The van der Waals surface area contributed by atoms with Gasteiger partial charge < -0.3 is 41.0 Å². The molecule has 1 aromatic heterocycles. The number of hydrogen-bond donors (Lipinski definition) is 7. The molecule has 8 N–H and O–H groups in total. The Morgan fingerprint density at radius 1 is 1.36 bits per heavy atom. The van der Waals surface area contributed by atoms with Crippen LogP contribution in [0.5, 0.6) is 6.01 Å². The quantitative estimate of drug-likeness (QED) is 0.295. The van der Waals surface area contributed by atoms with Gasteiger partial charge in [-0.3, -0.25) is 9.78 Å². The minimum Gasteiger partial charge on any atom is -0.468 e. The van der Waals surface area contributed by atoms with Crippen LogP contribution in [0.15, 0.2) is 4.79 Å². The monoisotopic (exact) mass is 318 g/mol. The zero-order valence-corrected chi connectivity index (χ0v) is 11.6. The molecule has 0 radical (unpaired) electrons. The van der Waals surface area contributed by atoms with Crippen LogP contribution in [0, 0.1) is 0 Å². The Morgan fingerprint density at radius 3 is 2.64 bits per heavy atom. The number of methoxy groups -OCH3 is 1. The topological polar surface area (TPSA) is 183 Å². The van der Waals surface area contributed by atoms with Crippen LogP contribution in [0.25, 0.3) is 0 Å². The molecule has 22 heavy (non-hydrogen) atoms. The highest BCUT2D eigenvalue weighted by Crippen LogP contribution is 2.23. The molecule has 2 rings (SSSR count). The molecule has 0 saturated carbocycles. The lowest BCUT2D eigenvalue weighted by Crippen LogP contribution is -2.60. The number of anilines is 2. The van der Waals surface area contributed by atoms with Crippen molar-refractivity contribution in [3.05, 3.63) is 10.4 Å². The van der Waals surface area contributed by atoms with Gasteiger partial charge in [-0.15, -0.1) is 0 Å². The normalized spacial score (nSPS) is 31.8. The fraction of sp³-hybridized carbons (Fsp3) is 0.636. The fourth-order valence-corrected chi connectivity index (χ4v) is 2.02. The predicted octanol–water partition coefficient (Wildman–Crippen LogP) is -3.43. The van der Waals surface area contributed by atoms with E-state index < -0.39 is 42.8 Å². The molecule has 0 aliphatic carbocycles. The third-order valence-electron chi connectivity index (χ3n) is 3.30. The van der Waals surface area contributed by atoms with Gasteiger partial charge in [0.1, 0.15) is 30.1 Å². The smallest absolute Gasteiger partial charge is 0.298 e. The van der Waals surface area contributed by atoms with Crippen molar-refractivity contribution in [3.63, 3.8) is 0 Å². The minimum absolute atomic E-state index is 0.119. The van der Waals surface area contributed by atoms with Crippen molar-refractivity contribution in [3.8, 4) is 6.01 Å². The van der Waals surface area contributed by atoms with E-state index in [-0.39, 0.29) is 17.5 Å². The van der Waals surface area contributed by atoms with Crippen LogP contribution in [0.4, 0.5) is 11.5 Å². The molecule has 1 aromatic rings. The summed E-state index contributed by atoms with van der Waals surface area (Å²) in [4.78, 5) is 17.7. The predicted molar refractivity (Wildman–Crippen MR) is 73.2 cm³/mol. The second kappa shape index (κ2) is 6.46. The molecular weight excluding hydrogens is 300 g/mol. The van der Waals surface area contributed by atoms with E-state index in [4.69, 9.17) is 20.3 Å². The Morgan fingerprint density at radius 2 is 2.05 bits per heavy atom. The van der Waals surface area contributed by atoms with Crippen LogP contribution in [0.1, 0.15) is 0 Å². The molecule has 1 fully saturated rings. The maximum absolute atomic E-state index is 11.6. The van der Waals surface area contributed by atoms with Gasteiger partial charge in [0.05, 0.1) is 13.7 Å². The van der Waals surface area contributed by atoms with Gasteiger partial charge in [0, 0.05) is 0 Å². The van der Waals surface area contributed by atoms with Crippen molar-refractivity contribution >= 4 is 11.5 Å². The van der Waals surface area contributed by atoms with Gasteiger partial charge >= 0.3 is 0 Å². The summed E-state index contributed by atoms with van der Waals surface area (Å²) in [7, 11) is 1.28. The van der Waals surface area contributed by atoms with E-state index >= 15 is 0 Å². The molecule has 0 amide bonds. The lowest BCUT2D eigenvalue weighted by molar-refractivity contribution is -0.221. The summed E-state index contributed by atoms with van der Waals surface area (Å²) in [6, 6.07) is -0.119. The standard InChI is InChI=1S/C11H18N4O7/c1-21-11-14-8(4(12)9(20)15-11)13-10-7(19)6(18)5(17)3(2-16)22-10/h3,5-7,10,16-19H,2,12H2,1H3,(H2,13,14,15,20). The van der Waals surface area contributed by atoms with E-state index in [1.165, 1.54) is 7.11 Å². The molecule has 5 atom stereocenters. The van der Waals surface area contributed by atoms with Crippen LogP contribution in [0.3, 0.4) is 0 Å². The highest BCUT2D eigenvalue weighted by atomic mass is 16.6. The molecule has 1 aliphatic rings. The lowest BCUT2D eigenvalue weighted by atomic mass is 9.98.